The van der Waals surface area contributed by atoms with E-state index in [0.29, 0.717) is 5.95 Å². The number of hydrogen-bond donors (Lipinski definition) is 2. The lowest BCUT2D eigenvalue weighted by Gasteiger charge is -2.20. The summed E-state index contributed by atoms with van der Waals surface area (Å²) in [6.07, 6.45) is 2.70. The molecule has 2 aromatic rings. The van der Waals surface area contributed by atoms with Crippen LogP contribution in [0.2, 0.25) is 0 Å². The zero-order valence-electron chi connectivity index (χ0n) is 12.0. The zero-order chi connectivity index (χ0) is 14.1. The number of anilines is 2. The predicted octanol–water partition coefficient (Wildman–Crippen LogP) is 2.48. The number of fused-ring (bicyclic) bond motifs is 1. The van der Waals surface area contributed by atoms with Gasteiger partial charge in [0.25, 0.3) is 0 Å². The minimum Gasteiger partial charge on any atom is -0.368 e. The molecule has 0 saturated heterocycles. The van der Waals surface area contributed by atoms with E-state index in [0.717, 1.165) is 41.7 Å². The molecule has 3 rings (SSSR count). The maximum absolute atomic E-state index is 5.78. The number of thiophene rings is 1. The molecule has 20 heavy (non-hydrogen) atoms. The summed E-state index contributed by atoms with van der Waals surface area (Å²) >= 11 is 1.66. The van der Waals surface area contributed by atoms with Gasteiger partial charge in [-0.05, 0) is 32.4 Å². The molecule has 1 aliphatic carbocycles. The second kappa shape index (κ2) is 5.54. The van der Waals surface area contributed by atoms with E-state index in [-0.39, 0.29) is 0 Å². The molecular weight excluding hydrogens is 270 g/mol. The molecule has 1 fully saturated rings. The average molecular weight is 291 g/mol. The van der Waals surface area contributed by atoms with Gasteiger partial charge in [-0.1, -0.05) is 6.92 Å². The van der Waals surface area contributed by atoms with Gasteiger partial charge in [-0.15, -0.1) is 11.3 Å². The maximum Gasteiger partial charge on any atom is 0.223 e. The Morgan fingerprint density at radius 3 is 2.95 bits per heavy atom. The molecule has 0 atom stereocenters. The van der Waals surface area contributed by atoms with E-state index in [1.165, 1.54) is 17.7 Å². The molecule has 0 aromatic carbocycles. The number of rotatable bonds is 6. The van der Waals surface area contributed by atoms with Crippen LogP contribution in [0.3, 0.4) is 0 Å². The van der Waals surface area contributed by atoms with E-state index in [9.17, 15) is 0 Å². The first-order valence-electron chi connectivity index (χ1n) is 7.19. The smallest absolute Gasteiger partial charge is 0.223 e. The minimum atomic E-state index is 0.344. The van der Waals surface area contributed by atoms with Crippen LogP contribution in [0.5, 0.6) is 0 Å². The Morgan fingerprint density at radius 2 is 2.25 bits per heavy atom. The fourth-order valence-electron chi connectivity index (χ4n) is 2.55. The monoisotopic (exact) mass is 291 g/mol. The third kappa shape index (κ3) is 2.86. The largest absolute Gasteiger partial charge is 0.368 e. The van der Waals surface area contributed by atoms with Crippen LogP contribution >= 0.6 is 11.3 Å². The summed E-state index contributed by atoms with van der Waals surface area (Å²) in [5, 5.41) is 4.50. The topological polar surface area (TPSA) is 67.1 Å². The highest BCUT2D eigenvalue weighted by molar-refractivity contribution is 7.18. The number of likely N-dealkylation sites (N-methyl/N-ethyl adjacent to an activating group) is 1. The van der Waals surface area contributed by atoms with Crippen molar-refractivity contribution >= 4 is 33.3 Å². The van der Waals surface area contributed by atoms with Gasteiger partial charge in [0.2, 0.25) is 5.95 Å². The highest BCUT2D eigenvalue weighted by Crippen LogP contribution is 2.29. The highest BCUT2D eigenvalue weighted by Gasteiger charge is 2.27. The first kappa shape index (κ1) is 13.6. The number of aryl methyl sites for hydroxylation is 1. The van der Waals surface area contributed by atoms with Crippen molar-refractivity contribution in [3.8, 4) is 0 Å². The molecular formula is C14H21N5S. The standard InChI is InChI=1S/C14H21N5S/c1-3-19(10-4-5-10)7-6-16-12-11-8-9(2)20-13(11)18-14(15)17-12/h8,10H,3-7H2,1-2H3,(H3,15,16,17,18). The molecule has 2 aromatic heterocycles. The van der Waals surface area contributed by atoms with E-state index in [4.69, 9.17) is 5.73 Å². The van der Waals surface area contributed by atoms with Crippen LogP contribution in [0.15, 0.2) is 6.07 Å². The molecule has 1 aliphatic rings. The van der Waals surface area contributed by atoms with Gasteiger partial charge >= 0.3 is 0 Å². The van der Waals surface area contributed by atoms with Crippen LogP contribution in [-0.2, 0) is 0 Å². The maximum atomic E-state index is 5.78. The Bertz CT molecular complexity index is 605. The van der Waals surface area contributed by atoms with Gasteiger partial charge < -0.3 is 11.1 Å². The Hall–Kier alpha value is -1.40. The van der Waals surface area contributed by atoms with Crippen molar-refractivity contribution in [2.24, 2.45) is 0 Å². The molecule has 6 heteroatoms. The Balaban J connectivity index is 1.70. The van der Waals surface area contributed by atoms with E-state index in [2.05, 4.69) is 40.1 Å². The van der Waals surface area contributed by atoms with Crippen molar-refractivity contribution < 1.29 is 0 Å². The molecule has 0 unspecified atom stereocenters. The second-order valence-electron chi connectivity index (χ2n) is 5.29. The van der Waals surface area contributed by atoms with Gasteiger partial charge in [0.1, 0.15) is 10.6 Å². The molecule has 0 amide bonds. The number of nitrogens with zero attached hydrogens (tertiary/aromatic N) is 3. The minimum absolute atomic E-state index is 0.344. The molecule has 0 aliphatic heterocycles. The summed E-state index contributed by atoms with van der Waals surface area (Å²) in [6, 6.07) is 2.93. The normalized spacial score (nSPS) is 15.2. The third-order valence-corrected chi connectivity index (χ3v) is 4.64. The molecule has 0 radical (unpaired) electrons. The fourth-order valence-corrected chi connectivity index (χ4v) is 3.44. The lowest BCUT2D eigenvalue weighted by atomic mass is 10.3. The van der Waals surface area contributed by atoms with Crippen LogP contribution in [0.4, 0.5) is 11.8 Å². The van der Waals surface area contributed by atoms with Gasteiger partial charge in [-0.2, -0.15) is 4.98 Å². The third-order valence-electron chi connectivity index (χ3n) is 3.69. The van der Waals surface area contributed by atoms with Crippen molar-refractivity contribution in [3.63, 3.8) is 0 Å². The molecule has 0 bridgehead atoms. The average Bonchev–Trinajstić information content (AvgIpc) is 3.17. The molecule has 1 saturated carbocycles. The summed E-state index contributed by atoms with van der Waals surface area (Å²) in [5.74, 6) is 1.21. The Morgan fingerprint density at radius 1 is 1.45 bits per heavy atom. The zero-order valence-corrected chi connectivity index (χ0v) is 12.8. The predicted molar refractivity (Wildman–Crippen MR) is 85.3 cm³/mol. The van der Waals surface area contributed by atoms with E-state index < -0.39 is 0 Å². The Kier molecular flexibility index (Phi) is 3.76. The van der Waals surface area contributed by atoms with Gasteiger partial charge in [-0.3, -0.25) is 4.90 Å². The SMILES string of the molecule is CCN(CCNc1nc(N)nc2sc(C)cc12)C1CC1. The number of nitrogens with two attached hydrogens (primary N) is 1. The van der Waals surface area contributed by atoms with Crippen LogP contribution in [0.25, 0.3) is 10.2 Å². The second-order valence-corrected chi connectivity index (χ2v) is 6.53. The summed E-state index contributed by atoms with van der Waals surface area (Å²) < 4.78 is 0. The van der Waals surface area contributed by atoms with Crippen molar-refractivity contribution in [1.29, 1.82) is 0 Å². The summed E-state index contributed by atoms with van der Waals surface area (Å²) in [6.45, 7) is 7.37. The van der Waals surface area contributed by atoms with E-state index in [1.807, 2.05) is 0 Å². The lowest BCUT2D eigenvalue weighted by Crippen LogP contribution is -2.31. The highest BCUT2D eigenvalue weighted by atomic mass is 32.1. The lowest BCUT2D eigenvalue weighted by molar-refractivity contribution is 0.289. The number of nitrogens with one attached hydrogen (secondary N) is 1. The van der Waals surface area contributed by atoms with Crippen molar-refractivity contribution in [1.82, 2.24) is 14.9 Å². The molecule has 2 heterocycles. The van der Waals surface area contributed by atoms with Crippen molar-refractivity contribution in [2.45, 2.75) is 32.7 Å². The van der Waals surface area contributed by atoms with Crippen LogP contribution in [-0.4, -0.2) is 40.5 Å². The van der Waals surface area contributed by atoms with E-state index >= 15 is 0 Å². The summed E-state index contributed by atoms with van der Waals surface area (Å²) in [7, 11) is 0. The fraction of sp³-hybridized carbons (Fsp3) is 0.571. The van der Waals surface area contributed by atoms with E-state index in [1.54, 1.807) is 11.3 Å². The van der Waals surface area contributed by atoms with Gasteiger partial charge in [0.05, 0.1) is 5.39 Å². The summed E-state index contributed by atoms with van der Waals surface area (Å²) in [4.78, 5) is 13.3. The molecule has 0 spiro atoms. The van der Waals surface area contributed by atoms with Gasteiger partial charge in [0.15, 0.2) is 0 Å². The number of hydrogen-bond acceptors (Lipinski definition) is 6. The summed E-state index contributed by atoms with van der Waals surface area (Å²) in [5.41, 5.74) is 5.78. The van der Waals surface area contributed by atoms with Crippen LogP contribution < -0.4 is 11.1 Å². The van der Waals surface area contributed by atoms with Crippen molar-refractivity contribution in [2.75, 3.05) is 30.7 Å². The van der Waals surface area contributed by atoms with Crippen LogP contribution in [0.1, 0.15) is 24.6 Å². The van der Waals surface area contributed by atoms with Crippen LogP contribution in [0, 0.1) is 6.92 Å². The number of nitrogen functional groups attached to an aromatic ring is 1. The first-order valence-corrected chi connectivity index (χ1v) is 8.00. The van der Waals surface area contributed by atoms with Crippen molar-refractivity contribution in [3.05, 3.63) is 10.9 Å². The Labute approximate surface area is 123 Å². The first-order chi connectivity index (χ1) is 9.67. The molecule has 5 nitrogen and oxygen atoms in total. The van der Waals surface area contributed by atoms with Gasteiger partial charge in [0, 0.05) is 24.0 Å². The molecule has 108 valence electrons. The number of aromatic nitrogens is 2. The molecule has 3 N–H and O–H groups in total. The quantitative estimate of drug-likeness (QED) is 0.856. The van der Waals surface area contributed by atoms with Gasteiger partial charge in [-0.25, -0.2) is 4.98 Å².